The molecule has 0 fully saturated rings. The number of rotatable bonds is 6. The second kappa shape index (κ2) is 8.87. The first-order valence-corrected chi connectivity index (χ1v) is 9.73. The van der Waals surface area contributed by atoms with Gasteiger partial charge in [0.15, 0.2) is 0 Å². The predicted octanol–water partition coefficient (Wildman–Crippen LogP) is 5.40. The molecule has 0 atom stereocenters. The van der Waals surface area contributed by atoms with E-state index in [0.717, 1.165) is 15.6 Å². The number of aryl methyl sites for hydroxylation is 1. The fourth-order valence-electron chi connectivity index (χ4n) is 2.51. The molecule has 0 aliphatic rings. The van der Waals surface area contributed by atoms with Gasteiger partial charge in [-0.2, -0.15) is 4.98 Å². The topological polar surface area (TPSA) is 59.2 Å². The van der Waals surface area contributed by atoms with Gasteiger partial charge in [0.05, 0.1) is 6.54 Å². The van der Waals surface area contributed by atoms with Gasteiger partial charge in [-0.25, -0.2) is 0 Å². The van der Waals surface area contributed by atoms with Gasteiger partial charge >= 0.3 is 0 Å². The van der Waals surface area contributed by atoms with Crippen molar-refractivity contribution in [3.63, 3.8) is 0 Å². The van der Waals surface area contributed by atoms with Crippen molar-refractivity contribution in [3.8, 4) is 11.4 Å². The molecule has 3 aromatic rings. The summed E-state index contributed by atoms with van der Waals surface area (Å²) >= 11 is 15.5. The first-order chi connectivity index (χ1) is 12.9. The maximum atomic E-state index is 12.4. The van der Waals surface area contributed by atoms with Crippen LogP contribution in [-0.4, -0.2) is 28.0 Å². The van der Waals surface area contributed by atoms with E-state index in [-0.39, 0.29) is 12.5 Å². The maximum absolute atomic E-state index is 12.4. The van der Waals surface area contributed by atoms with Gasteiger partial charge in [0.2, 0.25) is 17.6 Å². The molecule has 3 rings (SSSR count). The predicted molar refractivity (Wildman–Crippen MR) is 109 cm³/mol. The molecule has 5 nitrogen and oxygen atoms in total. The van der Waals surface area contributed by atoms with Gasteiger partial charge in [0, 0.05) is 33.5 Å². The summed E-state index contributed by atoms with van der Waals surface area (Å²) in [4.78, 5) is 18.3. The number of carbonyl (C=O) groups excluding carboxylic acids is 1. The molecular formula is C19H16BrCl2N3O2. The summed E-state index contributed by atoms with van der Waals surface area (Å²) in [5.41, 5.74) is 1.73. The van der Waals surface area contributed by atoms with Crippen LogP contribution >= 0.6 is 39.1 Å². The highest BCUT2D eigenvalue weighted by Crippen LogP contribution is 2.23. The molecule has 27 heavy (non-hydrogen) atoms. The molecule has 0 aliphatic carbocycles. The van der Waals surface area contributed by atoms with Gasteiger partial charge in [-0.1, -0.05) is 62.5 Å². The molecule has 0 spiro atoms. The highest BCUT2D eigenvalue weighted by atomic mass is 79.9. The van der Waals surface area contributed by atoms with Gasteiger partial charge < -0.3 is 9.42 Å². The molecule has 1 aromatic heterocycles. The lowest BCUT2D eigenvalue weighted by atomic mass is 10.1. The van der Waals surface area contributed by atoms with Crippen molar-refractivity contribution in [3.05, 3.63) is 68.4 Å². The lowest BCUT2D eigenvalue weighted by molar-refractivity contribution is -0.130. The summed E-state index contributed by atoms with van der Waals surface area (Å²) in [5.74, 6) is 0.827. The number of carbonyl (C=O) groups is 1. The highest BCUT2D eigenvalue weighted by molar-refractivity contribution is 9.10. The van der Waals surface area contributed by atoms with E-state index in [0.29, 0.717) is 34.6 Å². The summed E-state index contributed by atoms with van der Waals surface area (Å²) < 4.78 is 6.20. The van der Waals surface area contributed by atoms with Crippen molar-refractivity contribution in [1.82, 2.24) is 15.0 Å². The highest BCUT2D eigenvalue weighted by Gasteiger charge is 2.15. The molecule has 0 saturated heterocycles. The van der Waals surface area contributed by atoms with Crippen LogP contribution < -0.4 is 0 Å². The maximum Gasteiger partial charge on any atom is 0.246 e. The summed E-state index contributed by atoms with van der Waals surface area (Å²) in [7, 11) is 1.70. The lowest BCUT2D eigenvalue weighted by Crippen LogP contribution is -2.26. The Hall–Kier alpha value is -1.89. The zero-order valence-corrected chi connectivity index (χ0v) is 17.6. The van der Waals surface area contributed by atoms with E-state index in [4.69, 9.17) is 27.7 Å². The van der Waals surface area contributed by atoms with E-state index in [9.17, 15) is 4.79 Å². The normalized spacial score (nSPS) is 10.8. The molecule has 0 saturated carbocycles. The SMILES string of the molecule is CN(Cc1nc(-c2cccc(Br)c2)no1)C(=O)CCc1ccc(Cl)cc1Cl. The van der Waals surface area contributed by atoms with E-state index in [1.54, 1.807) is 24.1 Å². The quantitative estimate of drug-likeness (QED) is 0.486. The average molecular weight is 469 g/mol. The van der Waals surface area contributed by atoms with Crippen molar-refractivity contribution in [2.75, 3.05) is 7.05 Å². The van der Waals surface area contributed by atoms with Crippen LogP contribution in [0.5, 0.6) is 0 Å². The van der Waals surface area contributed by atoms with Crippen molar-refractivity contribution in [2.24, 2.45) is 0 Å². The Bertz CT molecular complexity index is 962. The first kappa shape index (κ1) is 19.9. The standard InChI is InChI=1S/C19H16BrCl2N3O2/c1-25(18(26)8-6-12-5-7-15(21)10-16(12)22)11-17-23-19(24-27-17)13-3-2-4-14(20)9-13/h2-5,7,9-10H,6,8,11H2,1H3. The Morgan fingerprint density at radius 3 is 2.78 bits per heavy atom. The molecular weight excluding hydrogens is 453 g/mol. The second-order valence-electron chi connectivity index (χ2n) is 6.01. The molecule has 0 unspecified atom stereocenters. The zero-order chi connectivity index (χ0) is 19.4. The van der Waals surface area contributed by atoms with Crippen LogP contribution in [0.3, 0.4) is 0 Å². The van der Waals surface area contributed by atoms with E-state index in [2.05, 4.69) is 26.1 Å². The van der Waals surface area contributed by atoms with E-state index >= 15 is 0 Å². The molecule has 1 amide bonds. The number of halogens is 3. The molecule has 0 N–H and O–H groups in total. The van der Waals surface area contributed by atoms with Crippen LogP contribution in [0.2, 0.25) is 10.0 Å². The summed E-state index contributed by atoms with van der Waals surface area (Å²) in [5, 5.41) is 5.12. The third kappa shape index (κ3) is 5.31. The number of nitrogens with zero attached hydrogens (tertiary/aromatic N) is 3. The van der Waals surface area contributed by atoms with Gasteiger partial charge in [0.25, 0.3) is 0 Å². The Morgan fingerprint density at radius 1 is 1.22 bits per heavy atom. The van der Waals surface area contributed by atoms with Crippen LogP contribution in [0.15, 0.2) is 51.5 Å². The van der Waals surface area contributed by atoms with Crippen molar-refractivity contribution >= 4 is 45.0 Å². The van der Waals surface area contributed by atoms with E-state index < -0.39 is 0 Å². The van der Waals surface area contributed by atoms with Crippen molar-refractivity contribution in [1.29, 1.82) is 0 Å². The number of hydrogen-bond acceptors (Lipinski definition) is 4. The van der Waals surface area contributed by atoms with E-state index in [1.165, 1.54) is 0 Å². The largest absolute Gasteiger partial charge is 0.337 e. The summed E-state index contributed by atoms with van der Waals surface area (Å²) in [6, 6.07) is 12.9. The Kier molecular flexibility index (Phi) is 6.52. The zero-order valence-electron chi connectivity index (χ0n) is 14.5. The molecule has 0 radical (unpaired) electrons. The van der Waals surface area contributed by atoms with Gasteiger partial charge in [-0.3, -0.25) is 4.79 Å². The molecule has 0 bridgehead atoms. The van der Waals surface area contributed by atoms with Gasteiger partial charge in [0.1, 0.15) is 0 Å². The Labute approximate surface area is 175 Å². The molecule has 8 heteroatoms. The summed E-state index contributed by atoms with van der Waals surface area (Å²) in [6.45, 7) is 0.244. The van der Waals surface area contributed by atoms with Crippen molar-refractivity contribution < 1.29 is 9.32 Å². The van der Waals surface area contributed by atoms with Crippen LogP contribution in [0, 0.1) is 0 Å². The summed E-state index contributed by atoms with van der Waals surface area (Å²) in [6.07, 6.45) is 0.858. The molecule has 140 valence electrons. The molecule has 0 aliphatic heterocycles. The smallest absolute Gasteiger partial charge is 0.246 e. The van der Waals surface area contributed by atoms with Gasteiger partial charge in [-0.05, 0) is 36.2 Å². The van der Waals surface area contributed by atoms with Gasteiger partial charge in [-0.15, -0.1) is 0 Å². The third-order valence-electron chi connectivity index (χ3n) is 3.97. The Balaban J connectivity index is 1.58. The fourth-order valence-corrected chi connectivity index (χ4v) is 3.41. The fraction of sp³-hybridized carbons (Fsp3) is 0.211. The van der Waals surface area contributed by atoms with Crippen LogP contribution in [0.25, 0.3) is 11.4 Å². The molecule has 2 aromatic carbocycles. The number of benzene rings is 2. The minimum atomic E-state index is -0.0387. The van der Waals surface area contributed by atoms with Crippen LogP contribution in [-0.2, 0) is 17.8 Å². The third-order valence-corrected chi connectivity index (χ3v) is 5.05. The minimum absolute atomic E-state index is 0.0387. The Morgan fingerprint density at radius 2 is 2.04 bits per heavy atom. The average Bonchev–Trinajstić information content (AvgIpc) is 3.09. The number of aromatic nitrogens is 2. The lowest BCUT2D eigenvalue weighted by Gasteiger charge is -2.15. The van der Waals surface area contributed by atoms with E-state index in [1.807, 2.05) is 30.3 Å². The number of amides is 1. The second-order valence-corrected chi connectivity index (χ2v) is 7.77. The van der Waals surface area contributed by atoms with Crippen LogP contribution in [0.1, 0.15) is 17.9 Å². The van der Waals surface area contributed by atoms with Crippen LogP contribution in [0.4, 0.5) is 0 Å². The first-order valence-electron chi connectivity index (χ1n) is 8.19. The minimum Gasteiger partial charge on any atom is -0.337 e. The van der Waals surface area contributed by atoms with Crippen molar-refractivity contribution in [2.45, 2.75) is 19.4 Å². The number of hydrogen-bond donors (Lipinski definition) is 0. The monoisotopic (exact) mass is 467 g/mol. The molecule has 1 heterocycles.